The van der Waals surface area contributed by atoms with Gasteiger partial charge in [0.05, 0.1) is 0 Å². The molecule has 2 rings (SSSR count). The van der Waals surface area contributed by atoms with E-state index in [9.17, 15) is 4.79 Å². The molecule has 1 amide bonds. The summed E-state index contributed by atoms with van der Waals surface area (Å²) in [5.74, 6) is 0.609. The van der Waals surface area contributed by atoms with Gasteiger partial charge >= 0.3 is 0 Å². The molecule has 0 aliphatic heterocycles. The predicted molar refractivity (Wildman–Crippen MR) is 89.2 cm³/mol. The van der Waals surface area contributed by atoms with Gasteiger partial charge in [0.25, 0.3) is 5.91 Å². The van der Waals surface area contributed by atoms with Gasteiger partial charge in [-0.2, -0.15) is 0 Å². The van der Waals surface area contributed by atoms with Gasteiger partial charge in [-0.15, -0.1) is 0 Å². The highest BCUT2D eigenvalue weighted by Crippen LogP contribution is 2.18. The van der Waals surface area contributed by atoms with Gasteiger partial charge in [0.1, 0.15) is 5.75 Å². The summed E-state index contributed by atoms with van der Waals surface area (Å²) in [6, 6.07) is 15.2. The lowest BCUT2D eigenvalue weighted by Gasteiger charge is -2.22. The Morgan fingerprint density at radius 2 is 1.82 bits per heavy atom. The molecule has 2 aromatic carbocycles. The quantitative estimate of drug-likeness (QED) is 0.831. The van der Waals surface area contributed by atoms with Gasteiger partial charge in [-0.05, 0) is 37.6 Å². The van der Waals surface area contributed by atoms with Crippen molar-refractivity contribution in [2.45, 2.75) is 26.5 Å². The van der Waals surface area contributed by atoms with Crippen LogP contribution in [0.2, 0.25) is 5.02 Å². The number of halogens is 1. The molecule has 0 aromatic heterocycles. The molecule has 3 nitrogen and oxygen atoms in total. The Morgan fingerprint density at radius 3 is 2.45 bits per heavy atom. The molecule has 0 N–H and O–H groups in total. The summed E-state index contributed by atoms with van der Waals surface area (Å²) < 4.78 is 5.70. The molecular weight excluding hydrogens is 298 g/mol. The smallest absolute Gasteiger partial charge is 0.263 e. The first-order valence-corrected chi connectivity index (χ1v) is 7.57. The van der Waals surface area contributed by atoms with Crippen molar-refractivity contribution in [3.05, 3.63) is 64.7 Å². The number of benzene rings is 2. The topological polar surface area (TPSA) is 29.5 Å². The molecule has 1 atom stereocenters. The standard InChI is InChI=1S/C18H20ClNO2/c1-13-8-10-16(11-9-13)22-14(2)18(21)20(3)12-15-6-4-5-7-17(15)19/h4-11,14H,12H2,1-3H3. The van der Waals surface area contributed by atoms with Crippen molar-refractivity contribution >= 4 is 17.5 Å². The third kappa shape index (κ3) is 4.25. The highest BCUT2D eigenvalue weighted by Gasteiger charge is 2.19. The maximum atomic E-state index is 12.4. The van der Waals surface area contributed by atoms with Crippen LogP contribution in [0, 0.1) is 6.92 Å². The average molecular weight is 318 g/mol. The van der Waals surface area contributed by atoms with Gasteiger partial charge in [-0.3, -0.25) is 4.79 Å². The first kappa shape index (κ1) is 16.4. The van der Waals surface area contributed by atoms with Crippen LogP contribution < -0.4 is 4.74 Å². The monoisotopic (exact) mass is 317 g/mol. The van der Waals surface area contributed by atoms with Crippen LogP contribution in [0.4, 0.5) is 0 Å². The second-order valence-corrected chi connectivity index (χ2v) is 5.77. The van der Waals surface area contributed by atoms with E-state index in [1.165, 1.54) is 0 Å². The summed E-state index contributed by atoms with van der Waals surface area (Å²) in [4.78, 5) is 14.0. The zero-order valence-electron chi connectivity index (χ0n) is 13.0. The number of amides is 1. The number of ether oxygens (including phenoxy) is 1. The van der Waals surface area contributed by atoms with Crippen LogP contribution in [-0.2, 0) is 11.3 Å². The Labute approximate surface area is 136 Å². The van der Waals surface area contributed by atoms with Gasteiger partial charge < -0.3 is 9.64 Å². The summed E-state index contributed by atoms with van der Waals surface area (Å²) in [7, 11) is 1.75. The van der Waals surface area contributed by atoms with Crippen molar-refractivity contribution in [2.75, 3.05) is 7.05 Å². The van der Waals surface area contributed by atoms with Crippen molar-refractivity contribution < 1.29 is 9.53 Å². The van der Waals surface area contributed by atoms with E-state index in [0.717, 1.165) is 11.1 Å². The Kier molecular flexibility index (Phi) is 5.45. The van der Waals surface area contributed by atoms with Crippen molar-refractivity contribution in [1.29, 1.82) is 0 Å². The van der Waals surface area contributed by atoms with Gasteiger partial charge in [0.15, 0.2) is 6.10 Å². The Hall–Kier alpha value is -2.00. The van der Waals surface area contributed by atoms with Crippen LogP contribution in [-0.4, -0.2) is 24.0 Å². The van der Waals surface area contributed by atoms with Crippen molar-refractivity contribution in [2.24, 2.45) is 0 Å². The van der Waals surface area contributed by atoms with Crippen LogP contribution in [0.25, 0.3) is 0 Å². The highest BCUT2D eigenvalue weighted by molar-refractivity contribution is 6.31. The molecule has 0 aliphatic carbocycles. The maximum absolute atomic E-state index is 12.4. The molecule has 22 heavy (non-hydrogen) atoms. The minimum absolute atomic E-state index is 0.0829. The molecule has 0 fully saturated rings. The number of likely N-dealkylation sites (N-methyl/N-ethyl adjacent to an activating group) is 1. The molecule has 0 saturated heterocycles. The summed E-state index contributed by atoms with van der Waals surface area (Å²) >= 11 is 6.13. The van der Waals surface area contributed by atoms with Crippen molar-refractivity contribution in [3.63, 3.8) is 0 Å². The van der Waals surface area contributed by atoms with E-state index < -0.39 is 6.10 Å². The van der Waals surface area contributed by atoms with Crippen molar-refractivity contribution in [1.82, 2.24) is 4.90 Å². The van der Waals surface area contributed by atoms with E-state index >= 15 is 0 Å². The molecule has 1 unspecified atom stereocenters. The number of nitrogens with zero attached hydrogens (tertiary/aromatic N) is 1. The van der Waals surface area contributed by atoms with E-state index in [1.807, 2.05) is 55.5 Å². The zero-order chi connectivity index (χ0) is 16.1. The minimum Gasteiger partial charge on any atom is -0.481 e. The molecule has 0 aliphatic rings. The lowest BCUT2D eigenvalue weighted by Crippen LogP contribution is -2.37. The number of carbonyl (C=O) groups excluding carboxylic acids is 1. The van der Waals surface area contributed by atoms with Crippen LogP contribution in [0.3, 0.4) is 0 Å². The second kappa shape index (κ2) is 7.32. The van der Waals surface area contributed by atoms with Gasteiger partial charge in [0, 0.05) is 18.6 Å². The first-order valence-electron chi connectivity index (χ1n) is 7.19. The van der Waals surface area contributed by atoms with Crippen molar-refractivity contribution in [3.8, 4) is 5.75 Å². The lowest BCUT2D eigenvalue weighted by atomic mass is 10.2. The molecule has 0 spiro atoms. The van der Waals surface area contributed by atoms with Crippen LogP contribution >= 0.6 is 11.6 Å². The first-order chi connectivity index (χ1) is 10.5. The van der Waals surface area contributed by atoms with E-state index in [-0.39, 0.29) is 5.91 Å². The second-order valence-electron chi connectivity index (χ2n) is 5.36. The molecule has 0 saturated carbocycles. The summed E-state index contributed by atoms with van der Waals surface area (Å²) in [6.45, 7) is 4.22. The SMILES string of the molecule is Cc1ccc(OC(C)C(=O)N(C)Cc2ccccc2Cl)cc1. The number of aryl methyl sites for hydroxylation is 1. The Bertz CT molecular complexity index is 640. The van der Waals surface area contributed by atoms with E-state index in [0.29, 0.717) is 17.3 Å². The van der Waals surface area contributed by atoms with Crippen LogP contribution in [0.15, 0.2) is 48.5 Å². The summed E-state index contributed by atoms with van der Waals surface area (Å²) in [5, 5.41) is 0.661. The number of hydrogen-bond donors (Lipinski definition) is 0. The Balaban J connectivity index is 1.97. The molecule has 0 heterocycles. The number of carbonyl (C=O) groups is 1. The fraction of sp³-hybridized carbons (Fsp3) is 0.278. The minimum atomic E-state index is -0.546. The number of hydrogen-bond acceptors (Lipinski definition) is 2. The predicted octanol–water partition coefficient (Wildman–Crippen LogP) is 4.07. The molecule has 116 valence electrons. The van der Waals surface area contributed by atoms with Gasteiger partial charge in [-0.1, -0.05) is 47.5 Å². The van der Waals surface area contributed by atoms with E-state index in [1.54, 1.807) is 18.9 Å². The highest BCUT2D eigenvalue weighted by atomic mass is 35.5. The summed E-state index contributed by atoms with van der Waals surface area (Å²) in [6.07, 6.45) is -0.546. The molecule has 0 bridgehead atoms. The largest absolute Gasteiger partial charge is 0.481 e. The zero-order valence-corrected chi connectivity index (χ0v) is 13.8. The van der Waals surface area contributed by atoms with E-state index in [2.05, 4.69) is 0 Å². The lowest BCUT2D eigenvalue weighted by molar-refractivity contribution is -0.137. The van der Waals surface area contributed by atoms with Crippen LogP contribution in [0.1, 0.15) is 18.1 Å². The van der Waals surface area contributed by atoms with Gasteiger partial charge in [0.2, 0.25) is 0 Å². The third-order valence-corrected chi connectivity index (χ3v) is 3.79. The summed E-state index contributed by atoms with van der Waals surface area (Å²) in [5.41, 5.74) is 2.07. The molecule has 4 heteroatoms. The number of rotatable bonds is 5. The molecule has 2 aromatic rings. The Morgan fingerprint density at radius 1 is 1.18 bits per heavy atom. The normalized spacial score (nSPS) is 11.8. The average Bonchev–Trinajstić information content (AvgIpc) is 2.51. The third-order valence-electron chi connectivity index (χ3n) is 3.42. The van der Waals surface area contributed by atoms with Gasteiger partial charge in [-0.25, -0.2) is 0 Å². The molecular formula is C18H20ClNO2. The van der Waals surface area contributed by atoms with E-state index in [4.69, 9.17) is 16.3 Å². The fourth-order valence-electron chi connectivity index (χ4n) is 2.14. The molecule has 0 radical (unpaired) electrons. The fourth-order valence-corrected chi connectivity index (χ4v) is 2.34. The van der Waals surface area contributed by atoms with Crippen LogP contribution in [0.5, 0.6) is 5.75 Å². The maximum Gasteiger partial charge on any atom is 0.263 e.